The summed E-state index contributed by atoms with van der Waals surface area (Å²) in [5.41, 5.74) is 0. The third-order valence-electron chi connectivity index (χ3n) is 4.51. The van der Waals surface area contributed by atoms with Crippen LogP contribution < -0.4 is 4.74 Å². The second-order valence-corrected chi connectivity index (χ2v) is 6.55. The van der Waals surface area contributed by atoms with Gasteiger partial charge in [-0.2, -0.15) is 0 Å². The Labute approximate surface area is 149 Å². The fraction of sp³-hybridized carbons (Fsp3) is 0.667. The van der Waals surface area contributed by atoms with Crippen molar-refractivity contribution < 1.29 is 9.53 Å². The van der Waals surface area contributed by atoms with Crippen molar-refractivity contribution in [1.82, 2.24) is 14.8 Å². The molecular formula is C18H28ClN3O2. The van der Waals surface area contributed by atoms with Crippen LogP contribution in [0.5, 0.6) is 5.88 Å². The number of nitrogens with zero attached hydrogens (tertiary/aromatic N) is 3. The van der Waals surface area contributed by atoms with Crippen molar-refractivity contribution in [3.05, 3.63) is 23.4 Å². The molecule has 0 bridgehead atoms. The van der Waals surface area contributed by atoms with Crippen molar-refractivity contribution in [2.45, 2.75) is 33.1 Å². The number of hydrogen-bond acceptors (Lipinski definition) is 4. The smallest absolute Gasteiger partial charge is 0.232 e. The monoisotopic (exact) mass is 353 g/mol. The Morgan fingerprint density at radius 3 is 2.96 bits per heavy atom. The van der Waals surface area contributed by atoms with Crippen molar-refractivity contribution in [3.63, 3.8) is 0 Å². The van der Waals surface area contributed by atoms with Crippen LogP contribution in [-0.2, 0) is 4.79 Å². The molecule has 1 aliphatic rings. The van der Waals surface area contributed by atoms with E-state index in [-0.39, 0.29) is 5.92 Å². The summed E-state index contributed by atoms with van der Waals surface area (Å²) in [4.78, 5) is 20.9. The highest BCUT2D eigenvalue weighted by Crippen LogP contribution is 2.21. The highest BCUT2D eigenvalue weighted by atomic mass is 35.5. The molecular weight excluding hydrogens is 326 g/mol. The van der Waals surface area contributed by atoms with Crippen LogP contribution in [0.2, 0.25) is 5.02 Å². The van der Waals surface area contributed by atoms with Gasteiger partial charge in [0.25, 0.3) is 0 Å². The fourth-order valence-electron chi connectivity index (χ4n) is 3.19. The number of rotatable bonds is 8. The van der Waals surface area contributed by atoms with Gasteiger partial charge in [-0.15, -0.1) is 0 Å². The molecule has 2 rings (SSSR count). The Morgan fingerprint density at radius 1 is 1.46 bits per heavy atom. The summed E-state index contributed by atoms with van der Waals surface area (Å²) in [5.74, 6) is 0.943. The molecule has 0 saturated carbocycles. The average molecular weight is 354 g/mol. The second kappa shape index (κ2) is 9.84. The number of pyridine rings is 1. The minimum Gasteiger partial charge on any atom is -0.477 e. The minimum atomic E-state index is 0.143. The first-order valence-corrected chi connectivity index (χ1v) is 9.28. The molecule has 2 heterocycles. The SMILES string of the molecule is CCN(CC)C(=O)C1CCCN(CCCOc2ncccc2Cl)C1. The van der Waals surface area contributed by atoms with Crippen LogP contribution in [0, 0.1) is 5.92 Å². The van der Waals surface area contributed by atoms with Gasteiger partial charge in [0.1, 0.15) is 5.02 Å². The van der Waals surface area contributed by atoms with Crippen LogP contribution in [0.1, 0.15) is 33.1 Å². The number of carbonyl (C=O) groups is 1. The van der Waals surface area contributed by atoms with Crippen LogP contribution in [0.4, 0.5) is 0 Å². The molecule has 0 radical (unpaired) electrons. The summed E-state index contributed by atoms with van der Waals surface area (Å²) in [5, 5.41) is 0.542. The predicted molar refractivity (Wildman–Crippen MR) is 96.5 cm³/mol. The predicted octanol–water partition coefficient (Wildman–Crippen LogP) is 3.08. The van der Waals surface area contributed by atoms with E-state index in [4.69, 9.17) is 16.3 Å². The molecule has 1 unspecified atom stereocenters. The quantitative estimate of drug-likeness (QED) is 0.674. The number of halogens is 1. The maximum absolute atomic E-state index is 12.5. The molecule has 0 spiro atoms. The summed E-state index contributed by atoms with van der Waals surface area (Å²) in [6.45, 7) is 9.12. The number of carbonyl (C=O) groups excluding carboxylic acids is 1. The number of amides is 1. The van der Waals surface area contributed by atoms with Crippen LogP contribution in [0.15, 0.2) is 18.3 Å². The number of piperidine rings is 1. The van der Waals surface area contributed by atoms with Crippen molar-refractivity contribution in [2.75, 3.05) is 39.3 Å². The molecule has 1 atom stereocenters. The van der Waals surface area contributed by atoms with Crippen LogP contribution in [0.3, 0.4) is 0 Å². The largest absolute Gasteiger partial charge is 0.477 e. The Balaban J connectivity index is 1.73. The van der Waals surface area contributed by atoms with Gasteiger partial charge in [0.15, 0.2) is 0 Å². The number of likely N-dealkylation sites (tertiary alicyclic amines) is 1. The molecule has 1 aliphatic heterocycles. The Hall–Kier alpha value is -1.33. The molecule has 0 aromatic carbocycles. The van der Waals surface area contributed by atoms with Gasteiger partial charge in [-0.25, -0.2) is 4.98 Å². The maximum atomic E-state index is 12.5. The van der Waals surface area contributed by atoms with Gasteiger partial charge >= 0.3 is 0 Å². The number of ether oxygens (including phenoxy) is 1. The maximum Gasteiger partial charge on any atom is 0.232 e. The van der Waals surface area contributed by atoms with Crippen molar-refractivity contribution in [1.29, 1.82) is 0 Å². The van der Waals surface area contributed by atoms with Gasteiger partial charge in [0, 0.05) is 32.4 Å². The summed E-state index contributed by atoms with van der Waals surface area (Å²) >= 11 is 6.02. The van der Waals surface area contributed by atoms with E-state index in [0.717, 1.165) is 52.0 Å². The lowest BCUT2D eigenvalue weighted by Crippen LogP contribution is -2.45. The zero-order valence-corrected chi connectivity index (χ0v) is 15.5. The lowest BCUT2D eigenvalue weighted by molar-refractivity contribution is -0.137. The highest BCUT2D eigenvalue weighted by molar-refractivity contribution is 6.31. The van der Waals surface area contributed by atoms with Crippen molar-refractivity contribution in [3.8, 4) is 5.88 Å². The van der Waals surface area contributed by atoms with Gasteiger partial charge in [-0.3, -0.25) is 4.79 Å². The molecule has 134 valence electrons. The summed E-state index contributed by atoms with van der Waals surface area (Å²) in [6, 6.07) is 3.56. The molecule has 24 heavy (non-hydrogen) atoms. The van der Waals surface area contributed by atoms with E-state index in [2.05, 4.69) is 9.88 Å². The van der Waals surface area contributed by atoms with Gasteiger partial charge in [0.2, 0.25) is 11.8 Å². The van der Waals surface area contributed by atoms with Crippen molar-refractivity contribution in [2.24, 2.45) is 5.92 Å². The van der Waals surface area contributed by atoms with Crippen LogP contribution >= 0.6 is 11.6 Å². The minimum absolute atomic E-state index is 0.143. The number of aromatic nitrogens is 1. The summed E-state index contributed by atoms with van der Waals surface area (Å²) in [7, 11) is 0. The standard InChI is InChI=1S/C18H28ClN3O2/c1-3-22(4-2)18(23)15-8-6-11-21(14-15)12-7-13-24-17-16(19)9-5-10-20-17/h5,9-10,15H,3-4,6-8,11-14H2,1-2H3. The van der Waals surface area contributed by atoms with E-state index in [9.17, 15) is 4.79 Å². The van der Waals surface area contributed by atoms with Gasteiger partial charge < -0.3 is 14.5 Å². The van der Waals surface area contributed by atoms with E-state index in [0.29, 0.717) is 23.4 Å². The van der Waals surface area contributed by atoms with Crippen LogP contribution in [-0.4, -0.2) is 60.0 Å². The summed E-state index contributed by atoms with van der Waals surface area (Å²) in [6.07, 6.45) is 4.67. The van der Waals surface area contributed by atoms with E-state index in [1.54, 1.807) is 18.3 Å². The molecule has 0 N–H and O–H groups in total. The number of hydrogen-bond donors (Lipinski definition) is 0. The molecule has 0 aliphatic carbocycles. The Kier molecular flexibility index (Phi) is 7.79. The van der Waals surface area contributed by atoms with Gasteiger partial charge in [0.05, 0.1) is 12.5 Å². The molecule has 6 heteroatoms. The molecule has 1 fully saturated rings. The first kappa shape index (κ1) is 19.0. The Morgan fingerprint density at radius 2 is 2.25 bits per heavy atom. The zero-order valence-electron chi connectivity index (χ0n) is 14.7. The normalized spacial score (nSPS) is 18.4. The van der Waals surface area contributed by atoms with E-state index < -0.39 is 0 Å². The lowest BCUT2D eigenvalue weighted by Gasteiger charge is -2.34. The van der Waals surface area contributed by atoms with Gasteiger partial charge in [-0.05, 0) is 51.8 Å². The van der Waals surface area contributed by atoms with Crippen LogP contribution in [0.25, 0.3) is 0 Å². The first-order valence-electron chi connectivity index (χ1n) is 8.90. The molecule has 5 nitrogen and oxygen atoms in total. The average Bonchev–Trinajstić information content (AvgIpc) is 2.61. The first-order chi connectivity index (χ1) is 11.7. The molecule has 1 aromatic heterocycles. The van der Waals surface area contributed by atoms with Crippen molar-refractivity contribution >= 4 is 17.5 Å². The second-order valence-electron chi connectivity index (χ2n) is 6.14. The zero-order chi connectivity index (χ0) is 17.4. The highest BCUT2D eigenvalue weighted by Gasteiger charge is 2.27. The van der Waals surface area contributed by atoms with E-state index >= 15 is 0 Å². The molecule has 1 aromatic rings. The topological polar surface area (TPSA) is 45.7 Å². The lowest BCUT2D eigenvalue weighted by atomic mass is 9.96. The third kappa shape index (κ3) is 5.35. The van der Waals surface area contributed by atoms with E-state index in [1.807, 2.05) is 18.7 Å². The molecule has 1 saturated heterocycles. The summed E-state index contributed by atoms with van der Waals surface area (Å²) < 4.78 is 5.63. The van der Waals surface area contributed by atoms with E-state index in [1.165, 1.54) is 0 Å². The van der Waals surface area contributed by atoms with Gasteiger partial charge in [-0.1, -0.05) is 11.6 Å². The third-order valence-corrected chi connectivity index (χ3v) is 4.80. The Bertz CT molecular complexity index is 523. The molecule has 1 amide bonds. The fourth-order valence-corrected chi connectivity index (χ4v) is 3.36.